The zero-order chi connectivity index (χ0) is 13.9. The van der Waals surface area contributed by atoms with Gasteiger partial charge in [0.25, 0.3) is 0 Å². The minimum atomic E-state index is 0.348. The van der Waals surface area contributed by atoms with Crippen LogP contribution in [0.4, 0.5) is 5.69 Å². The lowest BCUT2D eigenvalue weighted by atomic mass is 10.1. The molecule has 3 nitrogen and oxygen atoms in total. The quantitative estimate of drug-likeness (QED) is 0.921. The Kier molecular flexibility index (Phi) is 3.70. The number of fused-ring (bicyclic) bond motifs is 1. The fourth-order valence-electron chi connectivity index (χ4n) is 2.88. The first-order chi connectivity index (χ1) is 9.72. The van der Waals surface area contributed by atoms with Crippen LogP contribution in [0.25, 0.3) is 0 Å². The first-order valence-electron chi connectivity index (χ1n) is 7.16. The maximum atomic E-state index is 4.54. The molecule has 0 amide bonds. The molecule has 104 valence electrons. The molecule has 0 saturated carbocycles. The van der Waals surface area contributed by atoms with E-state index in [-0.39, 0.29) is 0 Å². The van der Waals surface area contributed by atoms with Crippen molar-refractivity contribution in [3.8, 4) is 0 Å². The summed E-state index contributed by atoms with van der Waals surface area (Å²) in [5.41, 5.74) is 5.12. The molecule has 0 aliphatic heterocycles. The molecule has 0 saturated heterocycles. The molecular weight excluding hydrogens is 246 g/mol. The van der Waals surface area contributed by atoms with Gasteiger partial charge in [0.1, 0.15) is 0 Å². The number of pyridine rings is 1. The van der Waals surface area contributed by atoms with Gasteiger partial charge < -0.3 is 10.2 Å². The number of aromatic nitrogens is 1. The number of aryl methyl sites for hydroxylation is 1. The van der Waals surface area contributed by atoms with E-state index in [1.165, 1.54) is 22.5 Å². The number of benzene rings is 1. The van der Waals surface area contributed by atoms with Gasteiger partial charge >= 0.3 is 0 Å². The molecule has 0 fully saturated rings. The minimum Gasteiger partial charge on any atom is -0.377 e. The number of nitrogens with one attached hydrogen (secondary N) is 1. The normalized spacial score (nSPS) is 17.2. The van der Waals surface area contributed by atoms with E-state index in [4.69, 9.17) is 0 Å². The zero-order valence-corrected chi connectivity index (χ0v) is 12.1. The van der Waals surface area contributed by atoms with E-state index in [1.54, 1.807) is 0 Å². The Hall–Kier alpha value is -1.87. The van der Waals surface area contributed by atoms with Crippen molar-refractivity contribution in [1.29, 1.82) is 0 Å². The number of hydrogen-bond acceptors (Lipinski definition) is 3. The molecule has 1 aromatic carbocycles. The Morgan fingerprint density at radius 1 is 1.25 bits per heavy atom. The predicted octanol–water partition coefficient (Wildman–Crippen LogP) is 3.24. The molecule has 0 bridgehead atoms. The molecule has 3 rings (SSSR count). The van der Waals surface area contributed by atoms with Crippen LogP contribution in [-0.4, -0.2) is 24.0 Å². The van der Waals surface area contributed by atoms with E-state index in [0.717, 1.165) is 19.4 Å². The molecule has 1 aliphatic rings. The van der Waals surface area contributed by atoms with Gasteiger partial charge in [-0.25, -0.2) is 0 Å². The third-order valence-corrected chi connectivity index (χ3v) is 3.73. The Balaban J connectivity index is 1.76. The second-order valence-corrected chi connectivity index (χ2v) is 5.72. The highest BCUT2D eigenvalue weighted by Crippen LogP contribution is 2.32. The van der Waals surface area contributed by atoms with Crippen LogP contribution in [0.15, 0.2) is 42.6 Å². The topological polar surface area (TPSA) is 28.2 Å². The van der Waals surface area contributed by atoms with Crippen molar-refractivity contribution in [3.63, 3.8) is 0 Å². The number of anilines is 1. The van der Waals surface area contributed by atoms with E-state index in [2.05, 4.69) is 59.6 Å². The third kappa shape index (κ3) is 2.83. The molecule has 1 atom stereocenters. The fourth-order valence-corrected chi connectivity index (χ4v) is 2.88. The lowest BCUT2D eigenvalue weighted by Crippen LogP contribution is -2.12. The summed E-state index contributed by atoms with van der Waals surface area (Å²) in [5.74, 6) is 0. The summed E-state index contributed by atoms with van der Waals surface area (Å²) in [4.78, 5) is 6.72. The van der Waals surface area contributed by atoms with Crippen LogP contribution >= 0.6 is 0 Å². The van der Waals surface area contributed by atoms with Gasteiger partial charge in [0.2, 0.25) is 0 Å². The predicted molar refractivity (Wildman–Crippen MR) is 82.8 cm³/mol. The lowest BCUT2D eigenvalue weighted by Gasteiger charge is -2.16. The highest BCUT2D eigenvalue weighted by atomic mass is 15.0. The van der Waals surface area contributed by atoms with Gasteiger partial charge in [-0.15, -0.1) is 0 Å². The number of rotatable bonds is 4. The van der Waals surface area contributed by atoms with Crippen LogP contribution in [-0.2, 0) is 13.0 Å². The maximum absolute atomic E-state index is 4.54. The van der Waals surface area contributed by atoms with E-state index >= 15 is 0 Å². The minimum absolute atomic E-state index is 0.348. The molecular formula is C17H21N3. The van der Waals surface area contributed by atoms with Crippen LogP contribution in [0.1, 0.15) is 29.3 Å². The maximum Gasteiger partial charge on any atom is 0.0691 e. The van der Waals surface area contributed by atoms with Crippen LogP contribution in [0.5, 0.6) is 0 Å². The van der Waals surface area contributed by atoms with E-state index < -0.39 is 0 Å². The average molecular weight is 267 g/mol. The van der Waals surface area contributed by atoms with E-state index in [1.807, 2.05) is 12.3 Å². The van der Waals surface area contributed by atoms with E-state index in [0.29, 0.717) is 6.04 Å². The number of nitrogens with zero attached hydrogens (tertiary/aromatic N) is 2. The first-order valence-corrected chi connectivity index (χ1v) is 7.16. The lowest BCUT2D eigenvalue weighted by molar-refractivity contribution is 0.402. The smallest absolute Gasteiger partial charge is 0.0691 e. The Morgan fingerprint density at radius 3 is 3.00 bits per heavy atom. The molecule has 20 heavy (non-hydrogen) atoms. The Bertz CT molecular complexity index is 592. The zero-order valence-electron chi connectivity index (χ0n) is 12.1. The fraction of sp³-hybridized carbons (Fsp3) is 0.353. The molecule has 2 aromatic rings. The third-order valence-electron chi connectivity index (χ3n) is 3.73. The molecule has 0 spiro atoms. The van der Waals surface area contributed by atoms with Crippen LogP contribution in [0.3, 0.4) is 0 Å². The SMILES string of the molecule is CN(C)Cc1cccc(NC2CCc3cccnc32)c1. The average Bonchev–Trinajstić information content (AvgIpc) is 2.82. The summed E-state index contributed by atoms with van der Waals surface area (Å²) < 4.78 is 0. The van der Waals surface area contributed by atoms with Crippen molar-refractivity contribution >= 4 is 5.69 Å². The summed E-state index contributed by atoms with van der Waals surface area (Å²) in [7, 11) is 4.19. The van der Waals surface area contributed by atoms with Crippen molar-refractivity contribution in [3.05, 3.63) is 59.4 Å². The summed E-state index contributed by atoms with van der Waals surface area (Å²) in [6.45, 7) is 0.967. The van der Waals surface area contributed by atoms with Gasteiger partial charge in [-0.1, -0.05) is 18.2 Å². The van der Waals surface area contributed by atoms with Gasteiger partial charge in [0, 0.05) is 18.4 Å². The molecule has 1 unspecified atom stereocenters. The van der Waals surface area contributed by atoms with Gasteiger partial charge in [-0.3, -0.25) is 4.98 Å². The molecule has 3 heteroatoms. The van der Waals surface area contributed by atoms with Crippen LogP contribution in [0, 0.1) is 0 Å². The van der Waals surface area contributed by atoms with Gasteiger partial charge in [0.05, 0.1) is 11.7 Å². The van der Waals surface area contributed by atoms with Crippen molar-refractivity contribution in [2.75, 3.05) is 19.4 Å². The van der Waals surface area contributed by atoms with Crippen molar-refractivity contribution in [2.24, 2.45) is 0 Å². The first kappa shape index (κ1) is 13.1. The van der Waals surface area contributed by atoms with Gasteiger partial charge in [-0.05, 0) is 56.3 Å². The summed E-state index contributed by atoms with van der Waals surface area (Å²) in [5, 5.41) is 3.63. The van der Waals surface area contributed by atoms with Crippen LogP contribution < -0.4 is 5.32 Å². The van der Waals surface area contributed by atoms with Gasteiger partial charge in [0.15, 0.2) is 0 Å². The highest BCUT2D eigenvalue weighted by molar-refractivity contribution is 5.48. The molecule has 1 aromatic heterocycles. The molecule has 1 heterocycles. The monoisotopic (exact) mass is 267 g/mol. The van der Waals surface area contributed by atoms with Crippen molar-refractivity contribution in [2.45, 2.75) is 25.4 Å². The summed E-state index contributed by atoms with van der Waals surface area (Å²) in [6, 6.07) is 13.2. The van der Waals surface area contributed by atoms with Crippen molar-refractivity contribution < 1.29 is 0 Å². The highest BCUT2D eigenvalue weighted by Gasteiger charge is 2.23. The van der Waals surface area contributed by atoms with Crippen molar-refractivity contribution in [1.82, 2.24) is 9.88 Å². The molecule has 0 radical (unpaired) electrons. The number of hydrogen-bond donors (Lipinski definition) is 1. The second-order valence-electron chi connectivity index (χ2n) is 5.72. The Labute approximate surface area is 120 Å². The summed E-state index contributed by atoms with van der Waals surface area (Å²) >= 11 is 0. The van der Waals surface area contributed by atoms with E-state index in [9.17, 15) is 0 Å². The second kappa shape index (κ2) is 5.63. The standard InChI is InChI=1S/C17H21N3/c1-20(2)12-13-5-3-7-15(11-13)19-16-9-8-14-6-4-10-18-17(14)16/h3-7,10-11,16,19H,8-9,12H2,1-2H3. The Morgan fingerprint density at radius 2 is 2.15 bits per heavy atom. The summed E-state index contributed by atoms with van der Waals surface area (Å²) in [6.07, 6.45) is 4.14. The largest absolute Gasteiger partial charge is 0.377 e. The van der Waals surface area contributed by atoms with Gasteiger partial charge in [-0.2, -0.15) is 0 Å². The molecule has 1 aliphatic carbocycles. The van der Waals surface area contributed by atoms with Crippen LogP contribution in [0.2, 0.25) is 0 Å². The molecule has 1 N–H and O–H groups in total.